The van der Waals surface area contributed by atoms with E-state index in [1.54, 1.807) is 24.3 Å². The number of carbonyl (C=O) groups is 1. The smallest absolute Gasteiger partial charge is 0.338 e. The Balaban J connectivity index is 1.80. The van der Waals surface area contributed by atoms with Crippen LogP contribution < -0.4 is 0 Å². The number of carbonyl (C=O) groups excluding carboxylic acids is 1. The number of fused-ring (bicyclic) bond motifs is 1. The molecule has 142 valence electrons. The number of benzene rings is 2. The summed E-state index contributed by atoms with van der Waals surface area (Å²) in [6, 6.07) is 14.3. The lowest BCUT2D eigenvalue weighted by Crippen LogP contribution is -2.10. The molecule has 0 saturated carbocycles. The van der Waals surface area contributed by atoms with Crippen LogP contribution in [0.3, 0.4) is 0 Å². The number of aliphatic hydroxyl groups excluding tert-OH is 1. The molecule has 0 atom stereocenters. The van der Waals surface area contributed by atoms with E-state index in [2.05, 4.69) is 9.97 Å². The number of nitrogens with zero attached hydrogens (tertiary/aromatic N) is 2. The summed E-state index contributed by atoms with van der Waals surface area (Å²) < 4.78 is 28.2. The summed E-state index contributed by atoms with van der Waals surface area (Å²) >= 11 is 0. The molecule has 2 N–H and O–H groups in total. The summed E-state index contributed by atoms with van der Waals surface area (Å²) in [7, 11) is -3.48. The molecule has 28 heavy (non-hydrogen) atoms. The van der Waals surface area contributed by atoms with E-state index in [0.717, 1.165) is 6.26 Å². The van der Waals surface area contributed by atoms with E-state index >= 15 is 0 Å². The van der Waals surface area contributed by atoms with Crippen molar-refractivity contribution < 1.29 is 23.1 Å². The predicted molar refractivity (Wildman–Crippen MR) is 101 cm³/mol. The van der Waals surface area contributed by atoms with Crippen molar-refractivity contribution in [3.05, 3.63) is 65.7 Å². The number of sulfone groups is 1. The fourth-order valence-corrected chi connectivity index (χ4v) is 3.14. The summed E-state index contributed by atoms with van der Waals surface area (Å²) in [5, 5.41) is 19.5. The lowest BCUT2D eigenvalue weighted by atomic mass is 10.2. The average molecular weight is 397 g/mol. The van der Waals surface area contributed by atoms with Crippen LogP contribution in [0.2, 0.25) is 0 Å². The molecular formula is C19H15N3O5S. The second kappa shape index (κ2) is 7.54. The molecule has 2 aromatic carbocycles. The van der Waals surface area contributed by atoms with Gasteiger partial charge in [-0.3, -0.25) is 0 Å². The van der Waals surface area contributed by atoms with Crippen molar-refractivity contribution in [2.24, 2.45) is 0 Å². The van der Waals surface area contributed by atoms with Crippen molar-refractivity contribution in [1.29, 1.82) is 5.26 Å². The number of imidazole rings is 1. The Morgan fingerprint density at radius 1 is 1.25 bits per heavy atom. The first-order valence-electron chi connectivity index (χ1n) is 8.04. The first kappa shape index (κ1) is 19.1. The molecule has 1 aromatic heterocycles. The number of nitriles is 1. The number of rotatable bonds is 5. The molecule has 0 amide bonds. The van der Waals surface area contributed by atoms with Crippen molar-refractivity contribution in [3.8, 4) is 6.07 Å². The number of hydrogen-bond donors (Lipinski definition) is 2. The minimum absolute atomic E-state index is 0.0120. The fraction of sp³-hybridized carbons (Fsp3) is 0.105. The summed E-state index contributed by atoms with van der Waals surface area (Å²) in [4.78, 5) is 19.3. The van der Waals surface area contributed by atoms with Crippen LogP contribution in [0.1, 0.15) is 16.2 Å². The number of aliphatic hydroxyl groups is 1. The highest BCUT2D eigenvalue weighted by molar-refractivity contribution is 7.90. The van der Waals surface area contributed by atoms with Gasteiger partial charge in [0, 0.05) is 6.26 Å². The number of hydrogen-bond acceptors (Lipinski definition) is 7. The lowest BCUT2D eigenvalue weighted by Gasteiger charge is -2.06. The van der Waals surface area contributed by atoms with Crippen LogP contribution in [0.5, 0.6) is 0 Å². The molecule has 0 saturated heterocycles. The van der Waals surface area contributed by atoms with Gasteiger partial charge in [0.2, 0.25) is 0 Å². The topological polar surface area (TPSA) is 133 Å². The Labute approximate surface area is 160 Å². The summed E-state index contributed by atoms with van der Waals surface area (Å²) in [6.07, 6.45) is 1.03. The molecule has 0 bridgehead atoms. The van der Waals surface area contributed by atoms with Crippen molar-refractivity contribution >= 4 is 32.4 Å². The van der Waals surface area contributed by atoms with Crippen molar-refractivity contribution in [2.75, 3.05) is 12.9 Å². The minimum atomic E-state index is -3.48. The Hall–Kier alpha value is -3.64. The van der Waals surface area contributed by atoms with E-state index in [1.807, 2.05) is 6.07 Å². The monoisotopic (exact) mass is 397 g/mol. The Morgan fingerprint density at radius 2 is 2.00 bits per heavy atom. The molecule has 0 radical (unpaired) electrons. The number of nitrogens with one attached hydrogen (secondary N) is 1. The minimum Gasteiger partial charge on any atom is -0.507 e. The van der Waals surface area contributed by atoms with Gasteiger partial charge >= 0.3 is 5.97 Å². The Morgan fingerprint density at radius 3 is 2.68 bits per heavy atom. The van der Waals surface area contributed by atoms with Crippen LogP contribution in [0.15, 0.2) is 59.2 Å². The molecule has 0 aliphatic carbocycles. The predicted octanol–water partition coefficient (Wildman–Crippen LogP) is 2.62. The largest absolute Gasteiger partial charge is 0.507 e. The normalized spacial score (nSPS) is 12.3. The van der Waals surface area contributed by atoms with Crippen LogP contribution in [-0.2, 0) is 14.6 Å². The van der Waals surface area contributed by atoms with Crippen LogP contribution in [0.25, 0.3) is 16.6 Å². The van der Waals surface area contributed by atoms with Gasteiger partial charge < -0.3 is 14.8 Å². The average Bonchev–Trinajstić information content (AvgIpc) is 3.09. The number of para-hydroxylation sites is 2. The number of aromatic amines is 1. The van der Waals surface area contributed by atoms with E-state index in [-0.39, 0.29) is 21.9 Å². The van der Waals surface area contributed by atoms with Gasteiger partial charge in [-0.2, -0.15) is 5.26 Å². The zero-order valence-corrected chi connectivity index (χ0v) is 15.5. The summed E-state index contributed by atoms with van der Waals surface area (Å²) in [5.41, 5.74) is 1.16. The molecule has 8 nitrogen and oxygen atoms in total. The third-order valence-corrected chi connectivity index (χ3v) is 4.97. The van der Waals surface area contributed by atoms with Gasteiger partial charge in [0.1, 0.15) is 18.2 Å². The molecule has 0 unspecified atom stereocenters. The molecule has 0 aliphatic heterocycles. The van der Waals surface area contributed by atoms with E-state index in [4.69, 9.17) is 4.74 Å². The molecule has 3 aromatic rings. The van der Waals surface area contributed by atoms with Crippen molar-refractivity contribution in [2.45, 2.75) is 4.90 Å². The molecule has 9 heteroatoms. The molecule has 0 fully saturated rings. The van der Waals surface area contributed by atoms with Gasteiger partial charge in [-0.05, 0) is 30.3 Å². The number of H-pyrrole nitrogens is 1. The zero-order chi connectivity index (χ0) is 20.3. The molecule has 1 heterocycles. The van der Waals surface area contributed by atoms with Gasteiger partial charge in [-0.1, -0.05) is 18.2 Å². The summed E-state index contributed by atoms with van der Waals surface area (Å²) in [6.45, 7) is -0.568. The second-order valence-corrected chi connectivity index (χ2v) is 7.93. The van der Waals surface area contributed by atoms with Crippen LogP contribution >= 0.6 is 0 Å². The number of ether oxygens (including phenoxy) is 1. The highest BCUT2D eigenvalue weighted by Gasteiger charge is 2.17. The maximum absolute atomic E-state index is 12.2. The third-order valence-electron chi connectivity index (χ3n) is 3.86. The van der Waals surface area contributed by atoms with E-state index in [9.17, 15) is 23.6 Å². The van der Waals surface area contributed by atoms with Gasteiger partial charge in [-0.25, -0.2) is 18.2 Å². The summed E-state index contributed by atoms with van der Waals surface area (Å²) in [5.74, 6) is -1.16. The van der Waals surface area contributed by atoms with Crippen molar-refractivity contribution in [3.63, 3.8) is 0 Å². The maximum Gasteiger partial charge on any atom is 0.338 e. The second-order valence-electron chi connectivity index (χ2n) is 5.91. The molecular weight excluding hydrogens is 382 g/mol. The van der Waals surface area contributed by atoms with Crippen LogP contribution in [0, 0.1) is 11.3 Å². The van der Waals surface area contributed by atoms with Crippen molar-refractivity contribution in [1.82, 2.24) is 9.97 Å². The molecule has 0 aliphatic rings. The van der Waals surface area contributed by atoms with Crippen LogP contribution in [0.4, 0.5) is 0 Å². The fourth-order valence-electron chi connectivity index (χ4n) is 2.47. The number of allylic oxidation sites excluding steroid dienone is 1. The first-order chi connectivity index (χ1) is 13.3. The van der Waals surface area contributed by atoms with Gasteiger partial charge in [-0.15, -0.1) is 0 Å². The highest BCUT2D eigenvalue weighted by atomic mass is 32.2. The molecule has 0 spiro atoms. The standard InChI is InChI=1S/C19H15N3O5S/c1-28(25,26)13-6-4-5-12(9-13)19(24)27-11-17(23)14(10-20)18-21-15-7-2-3-8-16(15)22-18/h2-9,23H,11H2,1H3,(H,21,22)/b17-14-. The van der Waals surface area contributed by atoms with Gasteiger partial charge in [0.25, 0.3) is 0 Å². The maximum atomic E-state index is 12.2. The Kier molecular flexibility index (Phi) is 5.15. The highest BCUT2D eigenvalue weighted by Crippen LogP contribution is 2.19. The number of aromatic nitrogens is 2. The van der Waals surface area contributed by atoms with E-state index < -0.39 is 28.2 Å². The van der Waals surface area contributed by atoms with Gasteiger partial charge in [0.15, 0.2) is 21.4 Å². The first-order valence-corrected chi connectivity index (χ1v) is 9.93. The zero-order valence-electron chi connectivity index (χ0n) is 14.7. The Bertz CT molecular complexity index is 1200. The van der Waals surface area contributed by atoms with E-state index in [0.29, 0.717) is 11.0 Å². The SMILES string of the molecule is CS(=O)(=O)c1cccc(C(=O)OC/C(O)=C(\C#N)c2nc3ccccc3[nH]2)c1. The number of esters is 1. The molecule has 3 rings (SSSR count). The van der Waals surface area contributed by atoms with E-state index in [1.165, 1.54) is 24.3 Å². The quantitative estimate of drug-likeness (QED) is 0.384. The van der Waals surface area contributed by atoms with Crippen LogP contribution in [-0.4, -0.2) is 42.3 Å². The third kappa shape index (κ3) is 4.02. The van der Waals surface area contributed by atoms with Gasteiger partial charge in [0.05, 0.1) is 21.5 Å². The lowest BCUT2D eigenvalue weighted by molar-refractivity contribution is 0.0502.